The maximum atomic E-state index is 4.58. The van der Waals surface area contributed by atoms with Gasteiger partial charge in [0.2, 0.25) is 0 Å². The van der Waals surface area contributed by atoms with Gasteiger partial charge in [-0.15, -0.1) is 0 Å². The van der Waals surface area contributed by atoms with Gasteiger partial charge in [-0.3, -0.25) is 0 Å². The van der Waals surface area contributed by atoms with E-state index in [1.807, 2.05) is 0 Å². The van der Waals surface area contributed by atoms with E-state index in [4.69, 9.17) is 0 Å². The molecule has 0 amide bonds. The van der Waals surface area contributed by atoms with Crippen molar-refractivity contribution in [2.75, 3.05) is 13.1 Å². The second-order valence-electron chi connectivity index (χ2n) is 6.07. The van der Waals surface area contributed by atoms with E-state index in [2.05, 4.69) is 67.2 Å². The average Bonchev–Trinajstić information content (AvgIpc) is 3.05. The molecule has 0 aromatic heterocycles. The molecule has 0 aromatic rings. The van der Waals surface area contributed by atoms with Gasteiger partial charge in [-0.25, -0.2) is 6.67 Å². The molecule has 0 unspecified atom stereocenters. The van der Waals surface area contributed by atoms with Crippen LogP contribution in [-0.4, -0.2) is 34.0 Å². The fraction of sp³-hybridized carbons (Fsp3) is 0.941. The van der Waals surface area contributed by atoms with Gasteiger partial charge in [0, 0.05) is 0 Å². The molecule has 0 aliphatic carbocycles. The zero-order chi connectivity index (χ0) is 16.5. The fourth-order valence-corrected chi connectivity index (χ4v) is 3.94. The van der Waals surface area contributed by atoms with Crippen LogP contribution in [0, 0.1) is 6.67 Å². The molecule has 0 aromatic carbocycles. The fourth-order valence-electron chi connectivity index (χ4n) is 3.94. The Bertz CT molecular complexity index is 223. The summed E-state index contributed by atoms with van der Waals surface area (Å²) in [5.74, 6) is 0. The summed E-state index contributed by atoms with van der Waals surface area (Å²) in [5.41, 5.74) is 0.769. The van der Waals surface area contributed by atoms with E-state index in [1.165, 1.54) is 51.6 Å². The van der Waals surface area contributed by atoms with Crippen LogP contribution >= 0.6 is 9.19 Å². The minimum absolute atomic E-state index is 0.385. The van der Waals surface area contributed by atoms with Crippen molar-refractivity contribution in [2.24, 2.45) is 0 Å². The Hall–Kier alpha value is 0.950. The van der Waals surface area contributed by atoms with Crippen molar-refractivity contribution >= 4 is 9.19 Å². The molecule has 2 nitrogen and oxygen atoms in total. The van der Waals surface area contributed by atoms with Crippen LogP contribution in [0.2, 0.25) is 0 Å². The van der Waals surface area contributed by atoms with E-state index >= 15 is 0 Å². The predicted octanol–water partition coefficient (Wildman–Crippen LogP) is 5.35. The van der Waals surface area contributed by atoms with E-state index in [-0.39, 0.29) is 0 Å². The van der Waals surface area contributed by atoms with Crippen LogP contribution < -0.4 is 0 Å². The molecule has 0 bridgehead atoms. The van der Waals surface area contributed by atoms with Crippen molar-refractivity contribution in [1.29, 1.82) is 0 Å². The predicted molar refractivity (Wildman–Crippen MR) is 90.8 cm³/mol. The van der Waals surface area contributed by atoms with Gasteiger partial charge in [0.25, 0.3) is 0 Å². The van der Waals surface area contributed by atoms with Crippen LogP contribution in [0.25, 0.3) is 0 Å². The first-order chi connectivity index (χ1) is 10.1. The SMILES string of the molecule is CCC(CC)(CC)N1[CH-]N(C(CC)(CC)CC)CC1.[Cl][Au]. The molecule has 4 heteroatoms. The third-order valence-corrected chi connectivity index (χ3v) is 6.03. The first-order valence-corrected chi connectivity index (χ1v) is 11.3. The van der Waals surface area contributed by atoms with Gasteiger partial charge in [0.05, 0.1) is 0 Å². The molecule has 1 saturated heterocycles. The second-order valence-corrected chi connectivity index (χ2v) is 6.07. The van der Waals surface area contributed by atoms with Crippen LogP contribution in [0.3, 0.4) is 0 Å². The van der Waals surface area contributed by atoms with Gasteiger partial charge < -0.3 is 9.80 Å². The van der Waals surface area contributed by atoms with E-state index < -0.39 is 0 Å². The molecular weight excluding hydrogens is 465 g/mol. The third kappa shape index (κ3) is 4.71. The molecule has 0 saturated carbocycles. The van der Waals surface area contributed by atoms with Crippen molar-refractivity contribution in [1.82, 2.24) is 9.80 Å². The Morgan fingerprint density at radius 3 is 1.14 bits per heavy atom. The first kappa shape index (κ1) is 22.0. The van der Waals surface area contributed by atoms with E-state index in [0.717, 1.165) is 0 Å². The molecule has 0 atom stereocenters. The van der Waals surface area contributed by atoms with Crippen molar-refractivity contribution in [3.05, 3.63) is 6.67 Å². The molecule has 1 aliphatic rings. The molecule has 0 N–H and O–H groups in total. The molecule has 132 valence electrons. The Morgan fingerprint density at radius 1 is 0.714 bits per heavy atom. The molecule has 0 radical (unpaired) electrons. The van der Waals surface area contributed by atoms with Gasteiger partial charge >= 0.3 is 29.2 Å². The van der Waals surface area contributed by atoms with E-state index in [1.54, 1.807) is 20.0 Å². The number of hydrogen-bond acceptors (Lipinski definition) is 2. The summed E-state index contributed by atoms with van der Waals surface area (Å²) in [5, 5.41) is 0. The summed E-state index contributed by atoms with van der Waals surface area (Å²) >= 11 is 1.75. The summed E-state index contributed by atoms with van der Waals surface area (Å²) in [6, 6.07) is 0. The summed E-state index contributed by atoms with van der Waals surface area (Å²) < 4.78 is 0. The minimum atomic E-state index is 0.385. The Labute approximate surface area is 149 Å². The molecule has 1 rings (SSSR count). The Kier molecular flexibility index (Phi) is 11.2. The molecule has 1 aliphatic heterocycles. The molecule has 21 heavy (non-hydrogen) atoms. The normalized spacial score (nSPS) is 17.8. The number of halogens is 1. The van der Waals surface area contributed by atoms with Gasteiger partial charge in [0.1, 0.15) is 0 Å². The van der Waals surface area contributed by atoms with Gasteiger partial charge in [-0.05, 0) is 62.7 Å². The molecule has 1 heterocycles. The first-order valence-electron chi connectivity index (χ1n) is 8.57. The van der Waals surface area contributed by atoms with Crippen molar-refractivity contribution < 1.29 is 20.0 Å². The summed E-state index contributed by atoms with van der Waals surface area (Å²) in [6.45, 7) is 18.9. The average molecular weight is 500 g/mol. The topological polar surface area (TPSA) is 6.48 Å². The van der Waals surface area contributed by atoms with Gasteiger partial charge in [-0.2, -0.15) is 0 Å². The van der Waals surface area contributed by atoms with Crippen LogP contribution in [0.1, 0.15) is 80.1 Å². The molecule has 1 fully saturated rings. The van der Waals surface area contributed by atoms with Crippen LogP contribution in [0.5, 0.6) is 0 Å². The van der Waals surface area contributed by atoms with Crippen molar-refractivity contribution in [3.8, 4) is 0 Å². The monoisotopic (exact) mass is 499 g/mol. The standard InChI is InChI=1S/C17H35N2.Au.ClH/c1-7-16(8-2,9-3)18-13-14-19(15-18)17(10-4,11-5)12-6;;/h15H,7-14H2,1-6H3;;1H/q-1;+1;/p-1. The summed E-state index contributed by atoms with van der Waals surface area (Å²) in [6.07, 6.45) is 7.51. The quantitative estimate of drug-likeness (QED) is 0.328. The Balaban J connectivity index is 0.00000191. The molecular formula is C17H35AuClN2-. The number of rotatable bonds is 8. The zero-order valence-electron chi connectivity index (χ0n) is 14.8. The molecule has 0 spiro atoms. The number of nitrogens with zero attached hydrogens (tertiary/aromatic N) is 2. The van der Waals surface area contributed by atoms with Crippen LogP contribution in [0.4, 0.5) is 0 Å². The third-order valence-electron chi connectivity index (χ3n) is 6.03. The number of hydrogen-bond donors (Lipinski definition) is 0. The summed E-state index contributed by atoms with van der Waals surface area (Å²) in [7, 11) is 4.58. The maximum absolute atomic E-state index is 4.58. The Morgan fingerprint density at radius 2 is 0.952 bits per heavy atom. The summed E-state index contributed by atoms with van der Waals surface area (Å²) in [4.78, 5) is 5.28. The van der Waals surface area contributed by atoms with Crippen molar-refractivity contribution in [2.45, 2.75) is 91.1 Å². The van der Waals surface area contributed by atoms with E-state index in [0.29, 0.717) is 11.1 Å². The van der Waals surface area contributed by atoms with Crippen LogP contribution in [0.15, 0.2) is 0 Å². The van der Waals surface area contributed by atoms with Gasteiger partial charge in [-0.1, -0.05) is 41.5 Å². The van der Waals surface area contributed by atoms with Gasteiger partial charge in [0.15, 0.2) is 0 Å². The second kappa shape index (κ2) is 10.7. The van der Waals surface area contributed by atoms with E-state index in [9.17, 15) is 0 Å². The zero-order valence-corrected chi connectivity index (χ0v) is 17.7. The van der Waals surface area contributed by atoms with Crippen LogP contribution in [-0.2, 0) is 20.0 Å². The van der Waals surface area contributed by atoms with Crippen molar-refractivity contribution in [3.63, 3.8) is 0 Å².